The normalized spacial score (nSPS) is 26.7. The van der Waals surface area contributed by atoms with Crippen LogP contribution in [0.1, 0.15) is 56.9 Å². The van der Waals surface area contributed by atoms with Gasteiger partial charge in [0, 0.05) is 19.1 Å². The molecule has 2 amide bonds. The first-order valence-electron chi connectivity index (χ1n) is 11.3. The fourth-order valence-electron chi connectivity index (χ4n) is 4.74. The molecule has 1 aliphatic carbocycles. The zero-order valence-corrected chi connectivity index (χ0v) is 19.5. The molecule has 2 atom stereocenters. The first-order chi connectivity index (χ1) is 15.2. The maximum absolute atomic E-state index is 13.6. The van der Waals surface area contributed by atoms with E-state index in [1.807, 2.05) is 6.92 Å². The van der Waals surface area contributed by atoms with E-state index in [-0.39, 0.29) is 24.7 Å². The number of carbonyl (C=O) groups is 1. The Balaban J connectivity index is 1.60. The van der Waals surface area contributed by atoms with Crippen LogP contribution in [0.2, 0.25) is 0 Å². The number of ether oxygens (including phenoxy) is 1. The highest BCUT2D eigenvalue weighted by atomic mass is 32.2. The highest BCUT2D eigenvalue weighted by molar-refractivity contribution is 7.88. The Hall–Kier alpha value is -1.78. The smallest absolute Gasteiger partial charge is 0.317 e. The quantitative estimate of drug-likeness (QED) is 0.637. The highest BCUT2D eigenvalue weighted by Crippen LogP contribution is 2.35. The zero-order valence-electron chi connectivity index (χ0n) is 18.6. The van der Waals surface area contributed by atoms with Gasteiger partial charge in [0.15, 0.2) is 11.6 Å². The van der Waals surface area contributed by atoms with E-state index in [1.54, 1.807) is 11.0 Å². The summed E-state index contributed by atoms with van der Waals surface area (Å²) in [5.41, 5.74) is 0.800. The van der Waals surface area contributed by atoms with E-state index in [2.05, 4.69) is 10.0 Å². The van der Waals surface area contributed by atoms with Crippen LogP contribution in [0, 0.1) is 11.6 Å². The third kappa shape index (κ3) is 6.62. The molecule has 32 heavy (non-hydrogen) atoms. The van der Waals surface area contributed by atoms with E-state index in [0.29, 0.717) is 25.9 Å². The number of hydrogen-bond donors (Lipinski definition) is 2. The predicted molar refractivity (Wildman–Crippen MR) is 118 cm³/mol. The van der Waals surface area contributed by atoms with E-state index in [9.17, 15) is 22.0 Å². The van der Waals surface area contributed by atoms with Crippen molar-refractivity contribution >= 4 is 16.1 Å². The van der Waals surface area contributed by atoms with Crippen molar-refractivity contribution in [2.75, 3.05) is 26.0 Å². The van der Waals surface area contributed by atoms with Crippen LogP contribution in [0.15, 0.2) is 18.2 Å². The second-order valence-electron chi connectivity index (χ2n) is 8.72. The Labute approximate surface area is 188 Å². The maximum atomic E-state index is 13.6. The molecular formula is C22H33F2N3O4S. The van der Waals surface area contributed by atoms with Crippen molar-refractivity contribution < 1.29 is 26.7 Å². The summed E-state index contributed by atoms with van der Waals surface area (Å²) < 4.78 is 59.3. The van der Waals surface area contributed by atoms with E-state index < -0.39 is 33.7 Å². The summed E-state index contributed by atoms with van der Waals surface area (Å²) in [6.07, 6.45) is 5.57. The van der Waals surface area contributed by atoms with Crippen LogP contribution < -0.4 is 10.0 Å². The first kappa shape index (κ1) is 24.9. The van der Waals surface area contributed by atoms with E-state index in [4.69, 9.17) is 4.74 Å². The van der Waals surface area contributed by atoms with Crippen molar-refractivity contribution in [2.45, 2.75) is 69.6 Å². The third-order valence-electron chi connectivity index (χ3n) is 6.33. The van der Waals surface area contributed by atoms with Crippen LogP contribution >= 0.6 is 0 Å². The van der Waals surface area contributed by atoms with Gasteiger partial charge in [-0.2, -0.15) is 0 Å². The number of piperidine rings is 1. The Kier molecular flexibility index (Phi) is 8.46. The average molecular weight is 474 g/mol. The molecule has 1 saturated carbocycles. The zero-order chi connectivity index (χ0) is 23.3. The predicted octanol–water partition coefficient (Wildman–Crippen LogP) is 3.12. The van der Waals surface area contributed by atoms with Crippen LogP contribution in [0.5, 0.6) is 0 Å². The SMILES string of the molecule is CCNC(=O)N1CCC[C@H](NS(C)(=O)=O)[C@@H]1CO[C@H]1CC[C@@H](c2ccc(F)c(F)c2)CC1. The van der Waals surface area contributed by atoms with Gasteiger partial charge in [0.2, 0.25) is 10.0 Å². The number of benzene rings is 1. The van der Waals surface area contributed by atoms with Crippen molar-refractivity contribution in [3.05, 3.63) is 35.4 Å². The van der Waals surface area contributed by atoms with Crippen LogP contribution in [0.25, 0.3) is 0 Å². The summed E-state index contributed by atoms with van der Waals surface area (Å²) in [6, 6.07) is 3.06. The molecule has 0 aromatic heterocycles. The Morgan fingerprint density at radius 2 is 1.88 bits per heavy atom. The molecule has 1 aliphatic heterocycles. The second kappa shape index (κ2) is 10.9. The number of rotatable bonds is 7. The lowest BCUT2D eigenvalue weighted by Crippen LogP contribution is -2.60. The molecule has 3 rings (SSSR count). The van der Waals surface area contributed by atoms with Crippen molar-refractivity contribution in [3.8, 4) is 0 Å². The monoisotopic (exact) mass is 473 g/mol. The van der Waals surface area contributed by atoms with Crippen molar-refractivity contribution in [3.63, 3.8) is 0 Å². The molecule has 1 aromatic rings. The van der Waals surface area contributed by atoms with Gasteiger partial charge in [-0.3, -0.25) is 0 Å². The Morgan fingerprint density at radius 1 is 1.16 bits per heavy atom. The first-order valence-corrected chi connectivity index (χ1v) is 13.2. The lowest BCUT2D eigenvalue weighted by atomic mass is 9.82. The molecule has 0 bridgehead atoms. The molecule has 0 unspecified atom stereocenters. The lowest BCUT2D eigenvalue weighted by molar-refractivity contribution is -0.0173. The minimum absolute atomic E-state index is 0.0200. The largest absolute Gasteiger partial charge is 0.376 e. The lowest BCUT2D eigenvalue weighted by Gasteiger charge is -2.42. The highest BCUT2D eigenvalue weighted by Gasteiger charge is 2.36. The number of nitrogens with zero attached hydrogens (tertiary/aromatic N) is 1. The second-order valence-corrected chi connectivity index (χ2v) is 10.5. The number of urea groups is 1. The number of likely N-dealkylation sites (tertiary alicyclic amines) is 1. The van der Waals surface area contributed by atoms with E-state index in [1.165, 1.54) is 12.1 Å². The molecule has 1 saturated heterocycles. The van der Waals surface area contributed by atoms with Crippen molar-refractivity contribution in [1.29, 1.82) is 0 Å². The van der Waals surface area contributed by atoms with Gasteiger partial charge < -0.3 is 15.0 Å². The fraction of sp³-hybridized carbons (Fsp3) is 0.682. The van der Waals surface area contributed by atoms with Crippen molar-refractivity contribution in [1.82, 2.24) is 14.9 Å². The van der Waals surface area contributed by atoms with Gasteiger partial charge in [-0.15, -0.1) is 0 Å². The molecule has 180 valence electrons. The summed E-state index contributed by atoms with van der Waals surface area (Å²) in [7, 11) is -3.43. The average Bonchev–Trinajstić information content (AvgIpc) is 2.74. The minimum Gasteiger partial charge on any atom is -0.376 e. The molecule has 7 nitrogen and oxygen atoms in total. The Bertz CT molecular complexity index is 891. The summed E-state index contributed by atoms with van der Waals surface area (Å²) in [5, 5.41) is 2.80. The number of nitrogens with one attached hydrogen (secondary N) is 2. The summed E-state index contributed by atoms with van der Waals surface area (Å²) in [4.78, 5) is 14.2. The number of halogens is 2. The number of carbonyl (C=O) groups excluding carboxylic acids is 1. The fourth-order valence-corrected chi connectivity index (χ4v) is 5.57. The van der Waals surface area contributed by atoms with E-state index >= 15 is 0 Å². The molecule has 10 heteroatoms. The van der Waals surface area contributed by atoms with Gasteiger partial charge in [-0.05, 0) is 69.1 Å². The van der Waals surface area contributed by atoms with Crippen LogP contribution in [-0.4, -0.2) is 63.5 Å². The van der Waals surface area contributed by atoms with Crippen LogP contribution in [-0.2, 0) is 14.8 Å². The van der Waals surface area contributed by atoms with Gasteiger partial charge in [-0.1, -0.05) is 6.07 Å². The van der Waals surface area contributed by atoms with Gasteiger partial charge in [-0.25, -0.2) is 26.7 Å². The molecule has 1 heterocycles. The summed E-state index contributed by atoms with van der Waals surface area (Å²) in [6.45, 7) is 3.11. The number of amides is 2. The topological polar surface area (TPSA) is 87.7 Å². The molecular weight excluding hydrogens is 440 g/mol. The Morgan fingerprint density at radius 3 is 2.50 bits per heavy atom. The minimum atomic E-state index is -3.43. The molecule has 2 aliphatic rings. The van der Waals surface area contributed by atoms with Gasteiger partial charge in [0.1, 0.15) is 0 Å². The van der Waals surface area contributed by atoms with Gasteiger partial charge in [0.05, 0.1) is 25.0 Å². The van der Waals surface area contributed by atoms with Crippen LogP contribution in [0.4, 0.5) is 13.6 Å². The molecule has 2 fully saturated rings. The van der Waals surface area contributed by atoms with Gasteiger partial charge in [0.25, 0.3) is 0 Å². The molecule has 0 spiro atoms. The molecule has 2 N–H and O–H groups in total. The summed E-state index contributed by atoms with van der Waals surface area (Å²) in [5.74, 6) is -1.51. The standard InChI is InChI=1S/C22H33F2N3O4S/c1-3-25-22(28)27-12-4-5-20(26-32(2,29)30)21(27)14-31-17-9-6-15(7-10-17)16-8-11-18(23)19(24)13-16/h8,11,13,15,17,20-21,26H,3-7,9-10,12,14H2,1-2H3,(H,25,28)/t15-,17+,20-,21-/m0/s1. The van der Waals surface area contributed by atoms with Crippen molar-refractivity contribution in [2.24, 2.45) is 0 Å². The molecule has 0 radical (unpaired) electrons. The third-order valence-corrected chi connectivity index (χ3v) is 7.06. The van der Waals surface area contributed by atoms with Gasteiger partial charge >= 0.3 is 6.03 Å². The summed E-state index contributed by atoms with van der Waals surface area (Å²) >= 11 is 0. The molecule has 1 aromatic carbocycles. The number of hydrogen-bond acceptors (Lipinski definition) is 4. The number of sulfonamides is 1. The maximum Gasteiger partial charge on any atom is 0.317 e. The van der Waals surface area contributed by atoms with E-state index in [0.717, 1.165) is 37.5 Å². The van der Waals surface area contributed by atoms with Crippen LogP contribution in [0.3, 0.4) is 0 Å².